The number of unbranched alkanes of at least 4 members (excludes halogenated alkanes) is 5. The lowest BCUT2D eigenvalue weighted by atomic mass is 10.2. The molecule has 0 amide bonds. The van der Waals surface area contributed by atoms with E-state index in [9.17, 15) is 4.79 Å². The van der Waals surface area contributed by atoms with Crippen molar-refractivity contribution in [2.75, 3.05) is 19.6 Å². The molecule has 0 saturated heterocycles. The molecule has 0 aliphatic heterocycles. The predicted octanol–water partition coefficient (Wildman–Crippen LogP) is 3.56. The topological polar surface area (TPSA) is 20.3 Å². The molecule has 0 bridgehead atoms. The first-order valence-corrected chi connectivity index (χ1v) is 6.92. The van der Waals surface area contributed by atoms with Gasteiger partial charge < -0.3 is 4.90 Å². The molecule has 0 rings (SSSR count). The van der Waals surface area contributed by atoms with Crippen LogP contribution in [0.2, 0.25) is 0 Å². The summed E-state index contributed by atoms with van der Waals surface area (Å²) >= 11 is 0. The van der Waals surface area contributed by atoms with Gasteiger partial charge in [-0.15, -0.1) is 0 Å². The monoisotopic (exact) mass is 226 g/mol. The summed E-state index contributed by atoms with van der Waals surface area (Å²) in [5.41, 5.74) is 0. The summed E-state index contributed by atoms with van der Waals surface area (Å²) in [4.78, 5) is 12.7. The van der Waals surface area contributed by atoms with Gasteiger partial charge in [-0.05, 0) is 38.9 Å². The van der Waals surface area contributed by atoms with E-state index in [4.69, 9.17) is 0 Å². The van der Waals surface area contributed by atoms with E-state index in [0.717, 1.165) is 13.0 Å². The molecular formula is C14H28NO. The Hall–Kier alpha value is -0.370. The lowest BCUT2D eigenvalue weighted by molar-refractivity contribution is 0.260. The van der Waals surface area contributed by atoms with Crippen LogP contribution in [0.15, 0.2) is 0 Å². The molecule has 0 heterocycles. The van der Waals surface area contributed by atoms with E-state index in [-0.39, 0.29) is 0 Å². The molecule has 95 valence electrons. The second kappa shape index (κ2) is 12.7. The highest BCUT2D eigenvalue weighted by Crippen LogP contribution is 2.04. The van der Waals surface area contributed by atoms with Crippen LogP contribution in [0.1, 0.15) is 65.2 Å². The van der Waals surface area contributed by atoms with Crippen molar-refractivity contribution in [3.05, 3.63) is 0 Å². The quantitative estimate of drug-likeness (QED) is 0.474. The molecule has 2 heteroatoms. The van der Waals surface area contributed by atoms with Gasteiger partial charge in [0.05, 0.1) is 0 Å². The van der Waals surface area contributed by atoms with Crippen molar-refractivity contribution >= 4 is 6.29 Å². The largest absolute Gasteiger partial charge is 0.303 e. The van der Waals surface area contributed by atoms with Gasteiger partial charge in [0.2, 0.25) is 0 Å². The molecule has 0 atom stereocenters. The van der Waals surface area contributed by atoms with Crippen LogP contribution in [0.4, 0.5) is 0 Å². The van der Waals surface area contributed by atoms with E-state index in [0.29, 0.717) is 6.42 Å². The van der Waals surface area contributed by atoms with E-state index in [1.54, 1.807) is 0 Å². The lowest BCUT2D eigenvalue weighted by Gasteiger charge is -2.21. The SMILES string of the molecule is CCCCCN(CCC[C]=O)CCCCC. The minimum atomic E-state index is 0.595. The van der Waals surface area contributed by atoms with Crippen LogP contribution >= 0.6 is 0 Å². The van der Waals surface area contributed by atoms with Crippen molar-refractivity contribution < 1.29 is 4.79 Å². The molecule has 2 nitrogen and oxygen atoms in total. The molecule has 0 N–H and O–H groups in total. The minimum Gasteiger partial charge on any atom is -0.303 e. The number of rotatable bonds is 12. The van der Waals surface area contributed by atoms with Crippen LogP contribution in [-0.4, -0.2) is 30.8 Å². The van der Waals surface area contributed by atoms with Gasteiger partial charge >= 0.3 is 0 Å². The summed E-state index contributed by atoms with van der Waals surface area (Å²) in [7, 11) is 0. The Morgan fingerprint density at radius 2 is 1.31 bits per heavy atom. The fourth-order valence-corrected chi connectivity index (χ4v) is 1.88. The third-order valence-electron chi connectivity index (χ3n) is 2.91. The van der Waals surface area contributed by atoms with Crippen LogP contribution in [-0.2, 0) is 4.79 Å². The minimum absolute atomic E-state index is 0.595. The Morgan fingerprint density at radius 3 is 1.75 bits per heavy atom. The maximum atomic E-state index is 10.2. The molecule has 0 aromatic heterocycles. The molecule has 1 radical (unpaired) electrons. The second-order valence-electron chi connectivity index (χ2n) is 4.50. The van der Waals surface area contributed by atoms with Gasteiger partial charge in [0.1, 0.15) is 0 Å². The summed E-state index contributed by atoms with van der Waals surface area (Å²) in [6, 6.07) is 0. The highest BCUT2D eigenvalue weighted by molar-refractivity contribution is 5.50. The Kier molecular flexibility index (Phi) is 12.4. The smallest absolute Gasteiger partial charge is 0.198 e. The Balaban J connectivity index is 3.62. The van der Waals surface area contributed by atoms with Gasteiger partial charge in [0.15, 0.2) is 6.29 Å². The highest BCUT2D eigenvalue weighted by atomic mass is 16.1. The van der Waals surface area contributed by atoms with E-state index < -0.39 is 0 Å². The molecule has 0 spiro atoms. The lowest BCUT2D eigenvalue weighted by Crippen LogP contribution is -2.27. The molecule has 0 saturated carbocycles. The molecule has 0 aromatic rings. The van der Waals surface area contributed by atoms with Crippen LogP contribution < -0.4 is 0 Å². The summed E-state index contributed by atoms with van der Waals surface area (Å²) in [6.07, 6.45) is 11.4. The van der Waals surface area contributed by atoms with Gasteiger partial charge in [0.25, 0.3) is 0 Å². The molecular weight excluding hydrogens is 198 g/mol. The normalized spacial score (nSPS) is 10.9. The number of hydrogen-bond donors (Lipinski definition) is 0. The van der Waals surface area contributed by atoms with Crippen LogP contribution in [0.3, 0.4) is 0 Å². The van der Waals surface area contributed by atoms with Crippen molar-refractivity contribution in [1.82, 2.24) is 4.90 Å². The summed E-state index contributed by atoms with van der Waals surface area (Å²) in [5.74, 6) is 0. The van der Waals surface area contributed by atoms with Crippen molar-refractivity contribution in [2.24, 2.45) is 0 Å². The number of hydrogen-bond acceptors (Lipinski definition) is 2. The maximum Gasteiger partial charge on any atom is 0.198 e. The van der Waals surface area contributed by atoms with E-state index in [1.807, 2.05) is 6.29 Å². The Morgan fingerprint density at radius 1 is 0.812 bits per heavy atom. The molecule has 0 aromatic carbocycles. The zero-order valence-corrected chi connectivity index (χ0v) is 11.1. The van der Waals surface area contributed by atoms with Gasteiger partial charge in [-0.2, -0.15) is 0 Å². The Labute approximate surface area is 101 Å². The van der Waals surface area contributed by atoms with Crippen molar-refractivity contribution in [2.45, 2.75) is 65.2 Å². The fraction of sp³-hybridized carbons (Fsp3) is 0.929. The Bertz CT molecular complexity index is 138. The summed E-state index contributed by atoms with van der Waals surface area (Å²) < 4.78 is 0. The molecule has 0 unspecified atom stereocenters. The van der Waals surface area contributed by atoms with Crippen LogP contribution in [0.5, 0.6) is 0 Å². The van der Waals surface area contributed by atoms with E-state index in [1.165, 1.54) is 51.6 Å². The van der Waals surface area contributed by atoms with Crippen LogP contribution in [0, 0.1) is 0 Å². The molecule has 0 fully saturated rings. The van der Waals surface area contributed by atoms with Gasteiger partial charge in [-0.25, -0.2) is 0 Å². The van der Waals surface area contributed by atoms with Crippen molar-refractivity contribution in [3.8, 4) is 0 Å². The predicted molar refractivity (Wildman–Crippen MR) is 70.4 cm³/mol. The number of carbonyl (C=O) groups excluding carboxylic acids is 1. The third-order valence-corrected chi connectivity index (χ3v) is 2.91. The standard InChI is InChI=1S/C14H28NO/c1-3-5-7-11-15(12-8-6-4-2)13-9-10-14-16/h3-13H2,1-2H3. The molecule has 0 aliphatic carbocycles. The summed E-state index contributed by atoms with van der Waals surface area (Å²) in [6.45, 7) is 7.96. The third kappa shape index (κ3) is 10.2. The van der Waals surface area contributed by atoms with Gasteiger partial charge in [-0.3, -0.25) is 4.79 Å². The summed E-state index contributed by atoms with van der Waals surface area (Å²) in [5, 5.41) is 0. The van der Waals surface area contributed by atoms with Crippen LogP contribution in [0.25, 0.3) is 0 Å². The zero-order valence-electron chi connectivity index (χ0n) is 11.1. The number of nitrogens with zero attached hydrogens (tertiary/aromatic N) is 1. The van der Waals surface area contributed by atoms with E-state index in [2.05, 4.69) is 18.7 Å². The first-order chi connectivity index (χ1) is 7.85. The maximum absolute atomic E-state index is 10.2. The molecule has 16 heavy (non-hydrogen) atoms. The second-order valence-corrected chi connectivity index (χ2v) is 4.50. The highest BCUT2D eigenvalue weighted by Gasteiger charge is 2.03. The zero-order chi connectivity index (χ0) is 12.1. The molecule has 0 aliphatic rings. The van der Waals surface area contributed by atoms with Crippen molar-refractivity contribution in [1.29, 1.82) is 0 Å². The average molecular weight is 226 g/mol. The van der Waals surface area contributed by atoms with E-state index >= 15 is 0 Å². The fourth-order valence-electron chi connectivity index (χ4n) is 1.88. The van der Waals surface area contributed by atoms with Crippen molar-refractivity contribution in [3.63, 3.8) is 0 Å². The van der Waals surface area contributed by atoms with Gasteiger partial charge in [0, 0.05) is 6.42 Å². The van der Waals surface area contributed by atoms with Gasteiger partial charge in [-0.1, -0.05) is 39.5 Å². The first kappa shape index (κ1) is 15.6. The average Bonchev–Trinajstić information content (AvgIpc) is 2.29. The first-order valence-electron chi connectivity index (χ1n) is 6.92.